The lowest BCUT2D eigenvalue weighted by Crippen LogP contribution is -2.39. The summed E-state index contributed by atoms with van der Waals surface area (Å²) in [4.78, 5) is 4.21. The van der Waals surface area contributed by atoms with Crippen molar-refractivity contribution in [3.8, 4) is 0 Å². The molecule has 1 saturated carbocycles. The van der Waals surface area contributed by atoms with Crippen LogP contribution in [-0.2, 0) is 10.0 Å². The molecular weight excluding hydrogens is 264 g/mol. The van der Waals surface area contributed by atoms with Crippen LogP contribution in [0.15, 0.2) is 41.6 Å². The normalized spacial score (nSPS) is 17.5. The number of sulfonamides is 1. The molecule has 100 valence electrons. The number of hydrogen-bond donors (Lipinski definition) is 2. The van der Waals surface area contributed by atoms with Crippen LogP contribution >= 0.6 is 0 Å². The van der Waals surface area contributed by atoms with E-state index in [2.05, 4.69) is 9.71 Å². The Bertz CT molecular complexity index is 718. The number of fused-ring (bicyclic) bond motifs is 1. The van der Waals surface area contributed by atoms with Crippen molar-refractivity contribution in [2.45, 2.75) is 23.3 Å². The van der Waals surface area contributed by atoms with Crippen molar-refractivity contribution in [2.24, 2.45) is 0 Å². The fourth-order valence-corrected chi connectivity index (χ4v) is 3.79. The maximum atomic E-state index is 12.4. The first kappa shape index (κ1) is 12.5. The quantitative estimate of drug-likeness (QED) is 0.875. The first-order chi connectivity index (χ1) is 9.06. The number of aliphatic hydroxyl groups excluding tert-OH is 1. The smallest absolute Gasteiger partial charge is 0.241 e. The Morgan fingerprint density at radius 1 is 1.32 bits per heavy atom. The molecule has 0 bridgehead atoms. The van der Waals surface area contributed by atoms with E-state index in [1.807, 2.05) is 6.07 Å². The van der Waals surface area contributed by atoms with Gasteiger partial charge in [-0.05, 0) is 25.0 Å². The molecule has 1 heterocycles. The summed E-state index contributed by atoms with van der Waals surface area (Å²) in [5, 5.41) is 10.7. The van der Waals surface area contributed by atoms with Crippen molar-refractivity contribution in [3.05, 3.63) is 36.7 Å². The van der Waals surface area contributed by atoms with Gasteiger partial charge in [0.1, 0.15) is 0 Å². The maximum Gasteiger partial charge on any atom is 0.241 e. The fourth-order valence-electron chi connectivity index (χ4n) is 2.11. The van der Waals surface area contributed by atoms with Crippen molar-refractivity contribution in [2.75, 3.05) is 6.61 Å². The molecule has 1 aromatic carbocycles. The van der Waals surface area contributed by atoms with E-state index < -0.39 is 15.6 Å². The molecule has 1 aromatic heterocycles. The highest BCUT2D eigenvalue weighted by Gasteiger charge is 2.45. The third kappa shape index (κ3) is 2.22. The molecule has 2 aromatic rings. The average Bonchev–Trinajstić information content (AvgIpc) is 3.17. The zero-order valence-electron chi connectivity index (χ0n) is 10.2. The third-order valence-corrected chi connectivity index (χ3v) is 5.07. The first-order valence-corrected chi connectivity index (χ1v) is 7.52. The van der Waals surface area contributed by atoms with Crippen molar-refractivity contribution >= 4 is 20.8 Å². The zero-order chi connectivity index (χ0) is 13.5. The number of benzene rings is 1. The van der Waals surface area contributed by atoms with Crippen LogP contribution in [0, 0.1) is 0 Å². The third-order valence-electron chi connectivity index (χ3n) is 3.44. The molecular formula is C13H14N2O3S. The number of nitrogens with zero attached hydrogens (tertiary/aromatic N) is 1. The van der Waals surface area contributed by atoms with Gasteiger partial charge in [-0.2, -0.15) is 0 Å². The zero-order valence-corrected chi connectivity index (χ0v) is 11.0. The van der Waals surface area contributed by atoms with Gasteiger partial charge in [0.25, 0.3) is 0 Å². The van der Waals surface area contributed by atoms with Gasteiger partial charge in [0.2, 0.25) is 10.0 Å². The topological polar surface area (TPSA) is 79.3 Å². The van der Waals surface area contributed by atoms with Gasteiger partial charge in [-0.25, -0.2) is 13.1 Å². The molecule has 2 N–H and O–H groups in total. The second kappa shape index (κ2) is 4.26. The lowest BCUT2D eigenvalue weighted by molar-refractivity contribution is 0.246. The Labute approximate surface area is 111 Å². The standard InChI is InChI=1S/C13H14N2O3S/c16-9-13(5-6-13)15-19(17,18)12-3-1-2-10-8-14-7-4-11(10)12/h1-4,7-8,15-16H,5-6,9H2. The molecule has 6 heteroatoms. The number of aromatic nitrogens is 1. The van der Waals surface area contributed by atoms with Gasteiger partial charge in [0.05, 0.1) is 17.0 Å². The van der Waals surface area contributed by atoms with E-state index in [0.29, 0.717) is 18.2 Å². The molecule has 0 saturated heterocycles. The Hall–Kier alpha value is -1.50. The number of aliphatic hydroxyl groups is 1. The number of pyridine rings is 1. The van der Waals surface area contributed by atoms with Gasteiger partial charge in [-0.1, -0.05) is 12.1 Å². The minimum absolute atomic E-state index is 0.168. The molecule has 3 rings (SSSR count). The van der Waals surface area contributed by atoms with E-state index in [-0.39, 0.29) is 11.5 Å². The van der Waals surface area contributed by atoms with E-state index in [9.17, 15) is 13.5 Å². The minimum Gasteiger partial charge on any atom is -0.394 e. The lowest BCUT2D eigenvalue weighted by Gasteiger charge is -2.15. The molecule has 0 spiro atoms. The first-order valence-electron chi connectivity index (χ1n) is 6.04. The van der Waals surface area contributed by atoms with Crippen LogP contribution < -0.4 is 4.72 Å². The molecule has 0 unspecified atom stereocenters. The summed E-state index contributed by atoms with van der Waals surface area (Å²) < 4.78 is 27.4. The molecule has 1 aliphatic carbocycles. The Balaban J connectivity index is 2.08. The average molecular weight is 278 g/mol. The van der Waals surface area contributed by atoms with Gasteiger partial charge in [0, 0.05) is 23.2 Å². The summed E-state index contributed by atoms with van der Waals surface area (Å²) in [5.74, 6) is 0. The summed E-state index contributed by atoms with van der Waals surface area (Å²) in [6, 6.07) is 6.76. The summed E-state index contributed by atoms with van der Waals surface area (Å²) in [7, 11) is -3.63. The fraction of sp³-hybridized carbons (Fsp3) is 0.308. The van der Waals surface area contributed by atoms with E-state index in [1.54, 1.807) is 30.6 Å². The van der Waals surface area contributed by atoms with Crippen molar-refractivity contribution in [3.63, 3.8) is 0 Å². The predicted octanol–water partition coefficient (Wildman–Crippen LogP) is 1.04. The van der Waals surface area contributed by atoms with Crippen LogP contribution in [0.1, 0.15) is 12.8 Å². The van der Waals surface area contributed by atoms with Gasteiger partial charge < -0.3 is 5.11 Å². The highest BCUT2D eigenvalue weighted by Crippen LogP contribution is 2.36. The summed E-state index contributed by atoms with van der Waals surface area (Å²) in [5.41, 5.74) is -0.659. The molecule has 5 nitrogen and oxygen atoms in total. The molecule has 1 fully saturated rings. The Morgan fingerprint density at radius 2 is 2.11 bits per heavy atom. The van der Waals surface area contributed by atoms with Crippen molar-refractivity contribution in [1.29, 1.82) is 0 Å². The number of rotatable bonds is 4. The van der Waals surface area contributed by atoms with Crippen molar-refractivity contribution in [1.82, 2.24) is 9.71 Å². The SMILES string of the molecule is O=S(=O)(NC1(CO)CC1)c1cccc2cnccc12. The van der Waals surface area contributed by atoms with Crippen molar-refractivity contribution < 1.29 is 13.5 Å². The predicted molar refractivity (Wildman–Crippen MR) is 71.1 cm³/mol. The maximum absolute atomic E-state index is 12.4. The molecule has 0 radical (unpaired) electrons. The van der Waals surface area contributed by atoms with E-state index in [4.69, 9.17) is 0 Å². The van der Waals surface area contributed by atoms with Gasteiger partial charge in [-0.15, -0.1) is 0 Å². The van der Waals surface area contributed by atoms with Crippen LogP contribution in [0.4, 0.5) is 0 Å². The Morgan fingerprint density at radius 3 is 2.79 bits per heavy atom. The number of nitrogens with one attached hydrogen (secondary N) is 1. The van der Waals surface area contributed by atoms with Crippen LogP contribution in [0.3, 0.4) is 0 Å². The van der Waals surface area contributed by atoms with Gasteiger partial charge >= 0.3 is 0 Å². The van der Waals surface area contributed by atoms with Gasteiger partial charge in [0.15, 0.2) is 0 Å². The minimum atomic E-state index is -3.63. The number of hydrogen-bond acceptors (Lipinski definition) is 4. The van der Waals surface area contributed by atoms with Gasteiger partial charge in [-0.3, -0.25) is 4.98 Å². The molecule has 0 amide bonds. The second-order valence-corrected chi connectivity index (χ2v) is 6.55. The van der Waals surface area contributed by atoms with Crippen LogP contribution in [-0.4, -0.2) is 30.7 Å². The lowest BCUT2D eigenvalue weighted by atomic mass is 10.2. The molecule has 1 aliphatic rings. The largest absolute Gasteiger partial charge is 0.394 e. The van der Waals surface area contributed by atoms with Crippen LogP contribution in [0.5, 0.6) is 0 Å². The highest BCUT2D eigenvalue weighted by molar-refractivity contribution is 7.89. The molecule has 0 aliphatic heterocycles. The molecule has 19 heavy (non-hydrogen) atoms. The highest BCUT2D eigenvalue weighted by atomic mass is 32.2. The van der Waals surface area contributed by atoms with E-state index >= 15 is 0 Å². The van der Waals surface area contributed by atoms with E-state index in [1.165, 1.54) is 0 Å². The second-order valence-electron chi connectivity index (χ2n) is 4.90. The summed E-state index contributed by atoms with van der Waals surface area (Å²) in [6.45, 7) is -0.168. The summed E-state index contributed by atoms with van der Waals surface area (Å²) in [6.07, 6.45) is 4.55. The molecule has 0 atom stereocenters. The van der Waals surface area contributed by atoms with E-state index in [0.717, 1.165) is 5.39 Å². The Kier molecular flexibility index (Phi) is 2.81. The van der Waals surface area contributed by atoms with Crippen LogP contribution in [0.25, 0.3) is 10.8 Å². The summed E-state index contributed by atoms with van der Waals surface area (Å²) >= 11 is 0. The monoisotopic (exact) mass is 278 g/mol. The van der Waals surface area contributed by atoms with Crippen LogP contribution in [0.2, 0.25) is 0 Å².